The number of carbonyl (C=O) groups excluding carboxylic acids is 4. The fourth-order valence-electron chi connectivity index (χ4n) is 8.26. The van der Waals surface area contributed by atoms with E-state index in [1.165, 1.54) is 7.11 Å². The molecule has 12 nitrogen and oxygen atoms in total. The first-order valence-corrected chi connectivity index (χ1v) is 20.3. The van der Waals surface area contributed by atoms with E-state index in [4.69, 9.17) is 9.47 Å². The van der Waals surface area contributed by atoms with Crippen LogP contribution >= 0.6 is 0 Å². The van der Waals surface area contributed by atoms with E-state index in [2.05, 4.69) is 31.0 Å². The SMILES string of the molecule is CC[C@H](C)[C@@H]([C@@H](CC(=O)N1CCC[C@H]1[C@H](OC)[C@@H](C)C(=O)N[C@@H](Cc1ccccc1)C(=O)O)OC)N(C)C(=O)[C@@H](CC(=O)[C@H](C(C)C)N(C)C(C)C)C(C)C. The number of amides is 3. The summed E-state index contributed by atoms with van der Waals surface area (Å²) < 4.78 is 11.9. The van der Waals surface area contributed by atoms with Crippen LogP contribution in [-0.4, -0.2) is 127 Å². The molecular formula is C43H72N4O8. The Hall–Kier alpha value is -3.35. The summed E-state index contributed by atoms with van der Waals surface area (Å²) in [6.45, 7) is 18.4. The van der Waals surface area contributed by atoms with Crippen molar-refractivity contribution >= 4 is 29.5 Å². The molecule has 1 aromatic rings. The zero-order valence-electron chi connectivity index (χ0n) is 35.9. The number of nitrogens with zero attached hydrogens (tertiary/aromatic N) is 3. The predicted molar refractivity (Wildman–Crippen MR) is 215 cm³/mol. The first-order chi connectivity index (χ1) is 25.8. The molecule has 1 saturated heterocycles. The van der Waals surface area contributed by atoms with Crippen LogP contribution in [0.3, 0.4) is 0 Å². The van der Waals surface area contributed by atoms with Crippen molar-refractivity contribution in [2.75, 3.05) is 34.9 Å². The van der Waals surface area contributed by atoms with Gasteiger partial charge in [0, 0.05) is 52.6 Å². The third kappa shape index (κ3) is 12.8. The van der Waals surface area contributed by atoms with Crippen molar-refractivity contribution in [2.24, 2.45) is 29.6 Å². The van der Waals surface area contributed by atoms with E-state index >= 15 is 0 Å². The van der Waals surface area contributed by atoms with Gasteiger partial charge >= 0.3 is 5.97 Å². The highest BCUT2D eigenvalue weighted by Gasteiger charge is 2.43. The molecule has 1 fully saturated rings. The summed E-state index contributed by atoms with van der Waals surface area (Å²) in [5.74, 6) is -3.16. The van der Waals surface area contributed by atoms with Gasteiger partial charge in [-0.3, -0.25) is 24.1 Å². The Bertz CT molecular complexity index is 1390. The number of carboxylic acid groups (broad SMARTS) is 1. The summed E-state index contributed by atoms with van der Waals surface area (Å²) in [6, 6.07) is 7.01. The fourth-order valence-corrected chi connectivity index (χ4v) is 8.26. The minimum Gasteiger partial charge on any atom is -0.480 e. The first-order valence-electron chi connectivity index (χ1n) is 20.3. The van der Waals surface area contributed by atoms with Crippen LogP contribution < -0.4 is 5.32 Å². The molecule has 0 bridgehead atoms. The molecule has 2 rings (SSSR count). The molecule has 0 saturated carbocycles. The van der Waals surface area contributed by atoms with Crippen molar-refractivity contribution in [1.82, 2.24) is 20.0 Å². The fraction of sp³-hybridized carbons (Fsp3) is 0.744. The topological polar surface area (TPSA) is 146 Å². The predicted octanol–water partition coefficient (Wildman–Crippen LogP) is 5.32. The summed E-state index contributed by atoms with van der Waals surface area (Å²) in [4.78, 5) is 73.6. The van der Waals surface area contributed by atoms with Gasteiger partial charge in [-0.1, -0.05) is 85.2 Å². The zero-order chi connectivity index (χ0) is 41.7. The van der Waals surface area contributed by atoms with Crippen LogP contribution in [0.4, 0.5) is 0 Å². The van der Waals surface area contributed by atoms with Crippen LogP contribution in [0, 0.1) is 29.6 Å². The van der Waals surface area contributed by atoms with Crippen molar-refractivity contribution in [3.63, 3.8) is 0 Å². The molecule has 0 aromatic heterocycles. The zero-order valence-corrected chi connectivity index (χ0v) is 35.9. The average molecular weight is 773 g/mol. The number of likely N-dealkylation sites (N-methyl/N-ethyl adjacent to an activating group) is 2. The van der Waals surface area contributed by atoms with Crippen molar-refractivity contribution in [2.45, 2.75) is 143 Å². The second-order valence-electron chi connectivity index (χ2n) is 16.6. The highest BCUT2D eigenvalue weighted by molar-refractivity contribution is 5.90. The molecule has 1 heterocycles. The van der Waals surface area contributed by atoms with E-state index in [-0.39, 0.29) is 66.7 Å². The molecule has 0 aliphatic carbocycles. The minimum absolute atomic E-state index is 0.00862. The van der Waals surface area contributed by atoms with Crippen molar-refractivity contribution in [3.8, 4) is 0 Å². The number of aliphatic carboxylic acids is 1. The lowest BCUT2D eigenvalue weighted by Gasteiger charge is -2.41. The molecule has 9 atom stereocenters. The van der Waals surface area contributed by atoms with Gasteiger partial charge in [-0.15, -0.1) is 0 Å². The molecule has 312 valence electrons. The minimum atomic E-state index is -1.13. The molecule has 0 spiro atoms. The number of rotatable bonds is 23. The third-order valence-corrected chi connectivity index (χ3v) is 11.9. The second kappa shape index (κ2) is 22.4. The lowest BCUT2D eigenvalue weighted by molar-refractivity contribution is -0.149. The van der Waals surface area contributed by atoms with E-state index in [1.54, 1.807) is 30.9 Å². The highest BCUT2D eigenvalue weighted by atomic mass is 16.5. The van der Waals surface area contributed by atoms with Crippen molar-refractivity contribution in [3.05, 3.63) is 35.9 Å². The molecular weight excluding hydrogens is 700 g/mol. The maximum Gasteiger partial charge on any atom is 0.326 e. The molecule has 0 unspecified atom stereocenters. The average Bonchev–Trinajstić information content (AvgIpc) is 3.62. The number of likely N-dealkylation sites (tertiary alicyclic amines) is 1. The van der Waals surface area contributed by atoms with Crippen LogP contribution in [-0.2, 0) is 39.9 Å². The summed E-state index contributed by atoms with van der Waals surface area (Å²) in [5.41, 5.74) is 0.789. The molecule has 12 heteroatoms. The van der Waals surface area contributed by atoms with Crippen LogP contribution in [0.25, 0.3) is 0 Å². The number of hydrogen-bond donors (Lipinski definition) is 2. The molecule has 3 amide bonds. The molecule has 1 aliphatic heterocycles. The maximum absolute atomic E-state index is 14.4. The van der Waals surface area contributed by atoms with Gasteiger partial charge in [0.2, 0.25) is 17.7 Å². The Kier molecular flexibility index (Phi) is 19.5. The summed E-state index contributed by atoms with van der Waals surface area (Å²) in [6.07, 6.45) is 1.03. The number of ketones is 1. The van der Waals surface area contributed by atoms with Crippen molar-refractivity contribution in [1.29, 1.82) is 0 Å². The normalized spacial score (nSPS) is 19.1. The number of Topliss-reactive ketones (excluding diaryl/α,β-unsaturated/α-hetero) is 1. The number of ether oxygens (including phenoxy) is 2. The largest absolute Gasteiger partial charge is 0.480 e. The van der Waals surface area contributed by atoms with Gasteiger partial charge in [0.25, 0.3) is 0 Å². The number of hydrogen-bond acceptors (Lipinski definition) is 8. The number of nitrogens with one attached hydrogen (secondary N) is 1. The second-order valence-corrected chi connectivity index (χ2v) is 16.6. The quantitative estimate of drug-likeness (QED) is 0.151. The first kappa shape index (κ1) is 47.8. The van der Waals surface area contributed by atoms with E-state index in [0.717, 1.165) is 12.0 Å². The summed E-state index contributed by atoms with van der Waals surface area (Å²) in [7, 11) is 6.79. The van der Waals surface area contributed by atoms with Crippen LogP contribution in [0.5, 0.6) is 0 Å². The van der Waals surface area contributed by atoms with E-state index in [0.29, 0.717) is 19.4 Å². The van der Waals surface area contributed by atoms with E-state index in [1.807, 2.05) is 72.0 Å². The molecule has 1 aliphatic rings. The number of methoxy groups -OCH3 is 2. The van der Waals surface area contributed by atoms with E-state index in [9.17, 15) is 29.1 Å². The van der Waals surface area contributed by atoms with E-state index < -0.39 is 54.0 Å². The number of carbonyl (C=O) groups is 5. The number of carboxylic acids is 1. The van der Waals surface area contributed by atoms with Gasteiger partial charge in [0.1, 0.15) is 6.04 Å². The van der Waals surface area contributed by atoms with Gasteiger partial charge in [0.15, 0.2) is 5.78 Å². The van der Waals surface area contributed by atoms with Gasteiger partial charge in [-0.25, -0.2) is 4.79 Å². The lowest BCUT2D eigenvalue weighted by Crippen LogP contribution is -2.55. The van der Waals surface area contributed by atoms with Crippen LogP contribution in [0.15, 0.2) is 30.3 Å². The van der Waals surface area contributed by atoms with Gasteiger partial charge in [-0.05, 0) is 57.1 Å². The maximum atomic E-state index is 14.4. The monoisotopic (exact) mass is 773 g/mol. The summed E-state index contributed by atoms with van der Waals surface area (Å²) in [5, 5.41) is 12.6. The van der Waals surface area contributed by atoms with Gasteiger partial charge in [0.05, 0.1) is 42.7 Å². The Morgan fingerprint density at radius 2 is 1.53 bits per heavy atom. The Balaban J connectivity index is 2.29. The number of benzene rings is 1. The smallest absolute Gasteiger partial charge is 0.326 e. The Labute approximate surface area is 331 Å². The van der Waals surface area contributed by atoms with Crippen LogP contribution in [0.1, 0.15) is 100.0 Å². The summed E-state index contributed by atoms with van der Waals surface area (Å²) >= 11 is 0. The Morgan fingerprint density at radius 3 is 2.02 bits per heavy atom. The van der Waals surface area contributed by atoms with Gasteiger partial charge in [-0.2, -0.15) is 0 Å². The molecule has 2 N–H and O–H groups in total. The Morgan fingerprint density at radius 1 is 0.909 bits per heavy atom. The van der Waals surface area contributed by atoms with Crippen LogP contribution in [0.2, 0.25) is 0 Å². The lowest BCUT2D eigenvalue weighted by atomic mass is 9.83. The molecule has 0 radical (unpaired) electrons. The molecule has 55 heavy (non-hydrogen) atoms. The van der Waals surface area contributed by atoms with Crippen molar-refractivity contribution < 1.29 is 38.6 Å². The van der Waals surface area contributed by atoms with Gasteiger partial charge < -0.3 is 29.7 Å². The third-order valence-electron chi connectivity index (χ3n) is 11.9. The standard InChI is InChI=1S/C43H72N4O8/c1-14-29(8)39(46(11)42(51)32(26(2)3)24-35(48)38(27(4)5)45(10)28(6)7)36(54-12)25-37(49)47-22-18-21-34(47)40(55-13)30(9)41(50)44-33(43(52)53)23-31-19-16-15-17-20-31/h15-17,19-20,26-30,32-34,36,38-40H,14,18,21-25H2,1-13H3,(H,44,50)(H,52,53)/t29-,30+,32-,33-,34-,36+,38-,39-,40+/m0/s1. The molecule has 1 aromatic carbocycles. The highest BCUT2D eigenvalue weighted by Crippen LogP contribution is 2.31.